The van der Waals surface area contributed by atoms with Crippen LogP contribution in [0, 0.1) is 11.3 Å². The van der Waals surface area contributed by atoms with E-state index in [1.807, 2.05) is 6.07 Å². The van der Waals surface area contributed by atoms with E-state index in [0.29, 0.717) is 29.4 Å². The van der Waals surface area contributed by atoms with Crippen LogP contribution < -0.4 is 11.1 Å². The number of nitrogens with two attached hydrogens (primary N) is 1. The molecule has 1 aromatic rings. The topological polar surface area (TPSA) is 88.1 Å². The molecule has 0 fully saturated rings. The highest BCUT2D eigenvalue weighted by atomic mass is 35.5. The number of carbonyl (C=O) groups excluding carboxylic acids is 1. The van der Waals surface area contributed by atoms with Crippen LogP contribution in [0.4, 0.5) is 5.69 Å². The van der Waals surface area contributed by atoms with Crippen LogP contribution in [-0.4, -0.2) is 25.7 Å². The van der Waals surface area contributed by atoms with Gasteiger partial charge in [0.25, 0.3) is 0 Å². The molecule has 1 aromatic carbocycles. The van der Waals surface area contributed by atoms with Crippen molar-refractivity contribution >= 4 is 23.2 Å². The lowest BCUT2D eigenvalue weighted by Crippen LogP contribution is -2.20. The number of nitrogens with zero attached hydrogens (tertiary/aromatic N) is 1. The first-order valence-corrected chi connectivity index (χ1v) is 5.32. The number of amides is 1. The highest BCUT2D eigenvalue weighted by Crippen LogP contribution is 2.22. The Morgan fingerprint density at radius 1 is 1.59 bits per heavy atom. The number of anilines is 1. The molecule has 0 aliphatic rings. The van der Waals surface area contributed by atoms with Gasteiger partial charge in [-0.05, 0) is 18.2 Å². The standard InChI is InChI=1S/C11H12ClN3O2/c12-9-5-8(6-14)1-2-10(9)15-11(16)7-17-4-3-13/h1-2,5H,3-4,7,13H2,(H,15,16). The molecular formula is C11H12ClN3O2. The molecule has 0 unspecified atom stereocenters. The summed E-state index contributed by atoms with van der Waals surface area (Å²) in [5, 5.41) is 11.5. The zero-order valence-electron chi connectivity index (χ0n) is 9.07. The Kier molecular flexibility index (Phi) is 5.43. The van der Waals surface area contributed by atoms with Crippen molar-refractivity contribution in [2.75, 3.05) is 25.1 Å². The lowest BCUT2D eigenvalue weighted by atomic mass is 10.2. The number of ether oxygens (including phenoxy) is 1. The summed E-state index contributed by atoms with van der Waals surface area (Å²) in [5.74, 6) is -0.315. The van der Waals surface area contributed by atoms with Crippen LogP contribution in [0.5, 0.6) is 0 Å². The molecule has 0 aliphatic carbocycles. The SMILES string of the molecule is N#Cc1ccc(NC(=O)COCCN)c(Cl)c1. The predicted octanol–water partition coefficient (Wildman–Crippen LogP) is 1.13. The van der Waals surface area contributed by atoms with Gasteiger partial charge in [0.15, 0.2) is 0 Å². The number of carbonyl (C=O) groups is 1. The second-order valence-corrected chi connectivity index (χ2v) is 3.60. The fraction of sp³-hybridized carbons (Fsp3) is 0.273. The molecule has 0 heterocycles. The maximum absolute atomic E-state index is 11.4. The summed E-state index contributed by atoms with van der Waals surface area (Å²) in [6, 6.07) is 6.58. The van der Waals surface area contributed by atoms with Gasteiger partial charge in [0.1, 0.15) is 6.61 Å². The van der Waals surface area contributed by atoms with Crippen molar-refractivity contribution in [3.8, 4) is 6.07 Å². The molecule has 0 saturated carbocycles. The zero-order chi connectivity index (χ0) is 12.7. The third-order valence-electron chi connectivity index (χ3n) is 1.87. The fourth-order valence-corrected chi connectivity index (χ4v) is 1.35. The van der Waals surface area contributed by atoms with Crippen molar-refractivity contribution in [1.82, 2.24) is 0 Å². The molecule has 0 bridgehead atoms. The van der Waals surface area contributed by atoms with Gasteiger partial charge in [0.05, 0.1) is 28.9 Å². The molecule has 6 heteroatoms. The largest absolute Gasteiger partial charge is 0.370 e. The Morgan fingerprint density at radius 3 is 2.94 bits per heavy atom. The number of benzene rings is 1. The summed E-state index contributed by atoms with van der Waals surface area (Å²) >= 11 is 5.89. The number of rotatable bonds is 5. The molecule has 0 spiro atoms. The third-order valence-corrected chi connectivity index (χ3v) is 2.18. The predicted molar refractivity (Wildman–Crippen MR) is 64.7 cm³/mol. The summed E-state index contributed by atoms with van der Waals surface area (Å²) < 4.78 is 4.97. The lowest BCUT2D eigenvalue weighted by Gasteiger charge is -2.07. The Balaban J connectivity index is 2.57. The first kappa shape index (κ1) is 13.5. The van der Waals surface area contributed by atoms with Crippen LogP contribution in [0.1, 0.15) is 5.56 Å². The summed E-state index contributed by atoms with van der Waals surface area (Å²) in [6.45, 7) is 0.618. The van der Waals surface area contributed by atoms with Crippen LogP contribution in [0.15, 0.2) is 18.2 Å². The Hall–Kier alpha value is -1.61. The minimum absolute atomic E-state index is 0.0759. The first-order chi connectivity index (χ1) is 8.17. The molecule has 0 aromatic heterocycles. The Bertz CT molecular complexity index is 443. The monoisotopic (exact) mass is 253 g/mol. The average molecular weight is 254 g/mol. The number of hydrogen-bond acceptors (Lipinski definition) is 4. The van der Waals surface area contributed by atoms with Crippen molar-refractivity contribution in [2.45, 2.75) is 0 Å². The smallest absolute Gasteiger partial charge is 0.250 e. The van der Waals surface area contributed by atoms with Crippen molar-refractivity contribution < 1.29 is 9.53 Å². The molecule has 0 aliphatic heterocycles. The van der Waals surface area contributed by atoms with Gasteiger partial charge >= 0.3 is 0 Å². The molecule has 5 nitrogen and oxygen atoms in total. The molecule has 17 heavy (non-hydrogen) atoms. The van der Waals surface area contributed by atoms with Crippen LogP contribution in [0.3, 0.4) is 0 Å². The molecule has 3 N–H and O–H groups in total. The normalized spacial score (nSPS) is 9.71. The van der Waals surface area contributed by atoms with Gasteiger partial charge in [0, 0.05) is 6.54 Å². The lowest BCUT2D eigenvalue weighted by molar-refractivity contribution is -0.120. The number of halogens is 1. The van der Waals surface area contributed by atoms with E-state index < -0.39 is 0 Å². The van der Waals surface area contributed by atoms with Crippen molar-refractivity contribution in [3.05, 3.63) is 28.8 Å². The molecule has 90 valence electrons. The van der Waals surface area contributed by atoms with E-state index in [-0.39, 0.29) is 12.5 Å². The van der Waals surface area contributed by atoms with E-state index in [1.165, 1.54) is 6.07 Å². The van der Waals surface area contributed by atoms with Crippen molar-refractivity contribution in [1.29, 1.82) is 5.26 Å². The van der Waals surface area contributed by atoms with E-state index in [9.17, 15) is 4.79 Å². The molecule has 1 rings (SSSR count). The second kappa shape index (κ2) is 6.86. The van der Waals surface area contributed by atoms with Gasteiger partial charge in [-0.3, -0.25) is 4.79 Å². The van der Waals surface area contributed by atoms with E-state index in [0.717, 1.165) is 0 Å². The fourth-order valence-electron chi connectivity index (χ4n) is 1.12. The quantitative estimate of drug-likeness (QED) is 0.770. The summed E-state index contributed by atoms with van der Waals surface area (Å²) in [6.07, 6.45) is 0. The van der Waals surface area contributed by atoms with E-state index in [1.54, 1.807) is 12.1 Å². The van der Waals surface area contributed by atoms with Gasteiger partial charge in [-0.1, -0.05) is 11.6 Å². The Morgan fingerprint density at radius 2 is 2.35 bits per heavy atom. The van der Waals surface area contributed by atoms with Crippen LogP contribution in [0.2, 0.25) is 5.02 Å². The van der Waals surface area contributed by atoms with Crippen molar-refractivity contribution in [3.63, 3.8) is 0 Å². The van der Waals surface area contributed by atoms with Crippen molar-refractivity contribution in [2.24, 2.45) is 5.73 Å². The molecular weight excluding hydrogens is 242 g/mol. The average Bonchev–Trinajstić information content (AvgIpc) is 2.32. The van der Waals surface area contributed by atoms with Gasteiger partial charge in [-0.25, -0.2) is 0 Å². The van der Waals surface area contributed by atoms with E-state index in [4.69, 9.17) is 27.3 Å². The molecule has 1 amide bonds. The molecule has 0 saturated heterocycles. The minimum Gasteiger partial charge on any atom is -0.370 e. The van der Waals surface area contributed by atoms with Gasteiger partial charge in [0.2, 0.25) is 5.91 Å². The minimum atomic E-state index is -0.315. The third kappa shape index (κ3) is 4.41. The van der Waals surface area contributed by atoms with E-state index >= 15 is 0 Å². The number of hydrogen-bond donors (Lipinski definition) is 2. The molecule has 0 radical (unpaired) electrons. The Labute approximate surface area is 104 Å². The maximum Gasteiger partial charge on any atom is 0.250 e. The number of nitrogens with one attached hydrogen (secondary N) is 1. The van der Waals surface area contributed by atoms with Gasteiger partial charge in [-0.15, -0.1) is 0 Å². The van der Waals surface area contributed by atoms with Crippen LogP contribution in [-0.2, 0) is 9.53 Å². The zero-order valence-corrected chi connectivity index (χ0v) is 9.83. The second-order valence-electron chi connectivity index (χ2n) is 3.20. The summed E-state index contributed by atoms with van der Waals surface area (Å²) in [5.41, 5.74) is 6.10. The summed E-state index contributed by atoms with van der Waals surface area (Å²) in [4.78, 5) is 11.4. The maximum atomic E-state index is 11.4. The van der Waals surface area contributed by atoms with Crippen LogP contribution >= 0.6 is 11.6 Å². The van der Waals surface area contributed by atoms with Gasteiger partial charge in [-0.2, -0.15) is 5.26 Å². The highest BCUT2D eigenvalue weighted by Gasteiger charge is 2.06. The van der Waals surface area contributed by atoms with E-state index in [2.05, 4.69) is 5.32 Å². The molecule has 0 atom stereocenters. The van der Waals surface area contributed by atoms with Gasteiger partial charge < -0.3 is 15.8 Å². The highest BCUT2D eigenvalue weighted by molar-refractivity contribution is 6.33. The van der Waals surface area contributed by atoms with Crippen LogP contribution in [0.25, 0.3) is 0 Å². The first-order valence-electron chi connectivity index (χ1n) is 4.94. The number of nitriles is 1. The summed E-state index contributed by atoms with van der Waals surface area (Å²) in [7, 11) is 0.